The van der Waals surface area contributed by atoms with Crippen molar-refractivity contribution in [3.63, 3.8) is 0 Å². The Kier molecular flexibility index (Phi) is 8.94. The Hall–Kier alpha value is -0.570. The van der Waals surface area contributed by atoms with Crippen LogP contribution >= 0.6 is 12.4 Å². The number of piperazine rings is 1. The third kappa shape index (κ3) is 7.29. The molecule has 2 fully saturated rings. The monoisotopic (exact) mass is 387 g/mol. The van der Waals surface area contributed by atoms with E-state index in [0.717, 1.165) is 45.2 Å². The highest BCUT2D eigenvalue weighted by Crippen LogP contribution is 2.28. The molecule has 0 bridgehead atoms. The number of hydrogen-bond donors (Lipinski definition) is 1. The van der Waals surface area contributed by atoms with E-state index < -0.39 is 18.3 Å². The molecule has 2 aliphatic rings. The number of amides is 1. The molecule has 0 radical (unpaired) electrons. The predicted octanol–water partition coefficient (Wildman–Crippen LogP) is 2.18. The number of nitrogens with two attached hydrogens (primary N) is 1. The second kappa shape index (κ2) is 9.94. The van der Waals surface area contributed by atoms with E-state index in [9.17, 15) is 18.0 Å². The van der Waals surface area contributed by atoms with Gasteiger partial charge in [0, 0.05) is 39.3 Å². The Balaban J connectivity index is 0.00000312. The summed E-state index contributed by atoms with van der Waals surface area (Å²) in [4.78, 5) is 16.6. The van der Waals surface area contributed by atoms with Crippen molar-refractivity contribution in [1.29, 1.82) is 0 Å². The van der Waals surface area contributed by atoms with Gasteiger partial charge in [-0.3, -0.25) is 9.69 Å². The largest absolute Gasteiger partial charge is 0.411 e. The van der Waals surface area contributed by atoms with E-state index in [1.165, 1.54) is 0 Å². The van der Waals surface area contributed by atoms with Gasteiger partial charge < -0.3 is 15.4 Å². The zero-order chi connectivity index (χ0) is 17.6. The lowest BCUT2D eigenvalue weighted by atomic mass is 9.81. The van der Waals surface area contributed by atoms with Gasteiger partial charge in [-0.2, -0.15) is 13.2 Å². The first-order valence-electron chi connectivity index (χ1n) is 8.75. The Labute approximate surface area is 153 Å². The van der Waals surface area contributed by atoms with E-state index in [2.05, 4.69) is 9.64 Å². The van der Waals surface area contributed by atoms with Gasteiger partial charge in [0.1, 0.15) is 6.61 Å². The maximum atomic E-state index is 12.6. The van der Waals surface area contributed by atoms with Crippen molar-refractivity contribution < 1.29 is 22.7 Å². The number of hydrogen-bond acceptors (Lipinski definition) is 4. The van der Waals surface area contributed by atoms with E-state index in [0.29, 0.717) is 26.1 Å². The fourth-order valence-corrected chi connectivity index (χ4v) is 3.46. The summed E-state index contributed by atoms with van der Waals surface area (Å²) in [6, 6.07) is 0. The third-order valence-electron chi connectivity index (χ3n) is 4.86. The highest BCUT2D eigenvalue weighted by Gasteiger charge is 2.39. The minimum Gasteiger partial charge on any atom is -0.372 e. The topological polar surface area (TPSA) is 58.8 Å². The number of carbonyl (C=O) groups is 1. The van der Waals surface area contributed by atoms with Crippen LogP contribution in [0.5, 0.6) is 0 Å². The van der Waals surface area contributed by atoms with Crippen LogP contribution in [0.25, 0.3) is 0 Å². The summed E-state index contributed by atoms with van der Waals surface area (Å²) in [5.74, 6) is 0.0651. The number of carbonyl (C=O) groups excluding carboxylic acids is 1. The fourth-order valence-electron chi connectivity index (χ4n) is 3.46. The summed E-state index contributed by atoms with van der Waals surface area (Å²) in [5, 5.41) is 0. The maximum absolute atomic E-state index is 12.6. The van der Waals surface area contributed by atoms with Crippen molar-refractivity contribution in [3.05, 3.63) is 0 Å². The van der Waals surface area contributed by atoms with Gasteiger partial charge in [0.25, 0.3) is 0 Å². The summed E-state index contributed by atoms with van der Waals surface area (Å²) in [6.07, 6.45) is 1.01. The van der Waals surface area contributed by atoms with Gasteiger partial charge in [-0.15, -0.1) is 12.4 Å². The highest BCUT2D eigenvalue weighted by molar-refractivity contribution is 5.86. The van der Waals surface area contributed by atoms with E-state index in [-0.39, 0.29) is 24.9 Å². The summed E-state index contributed by atoms with van der Waals surface area (Å²) in [5.41, 5.74) is 5.61. The van der Waals surface area contributed by atoms with Gasteiger partial charge in [0.2, 0.25) is 5.91 Å². The standard InChI is InChI=1S/C16H28F3N3O2.ClH/c17-16(18,19)13-24-12-4-7-21-8-10-22(11-9-21)14(23)15(20)5-2-1-3-6-15;/h1-13,20H2;1H. The molecule has 1 heterocycles. The summed E-state index contributed by atoms with van der Waals surface area (Å²) >= 11 is 0. The van der Waals surface area contributed by atoms with Gasteiger partial charge in [-0.1, -0.05) is 19.3 Å². The molecule has 0 aromatic rings. The molecule has 148 valence electrons. The van der Waals surface area contributed by atoms with Crippen LogP contribution in [-0.4, -0.2) is 73.4 Å². The minimum atomic E-state index is -4.26. The Morgan fingerprint density at radius 2 is 1.68 bits per heavy atom. The third-order valence-corrected chi connectivity index (χ3v) is 4.86. The number of nitrogens with zero attached hydrogens (tertiary/aromatic N) is 2. The van der Waals surface area contributed by atoms with Gasteiger partial charge in [0.15, 0.2) is 0 Å². The van der Waals surface area contributed by atoms with Crippen LogP contribution < -0.4 is 5.73 Å². The molecule has 1 saturated carbocycles. The van der Waals surface area contributed by atoms with Crippen LogP contribution in [0.15, 0.2) is 0 Å². The maximum Gasteiger partial charge on any atom is 0.411 e. The molecule has 2 rings (SSSR count). The van der Waals surface area contributed by atoms with Crippen LogP contribution in [0.2, 0.25) is 0 Å². The lowest BCUT2D eigenvalue weighted by Crippen LogP contribution is -2.60. The van der Waals surface area contributed by atoms with Gasteiger partial charge in [-0.05, 0) is 19.3 Å². The Bertz CT molecular complexity index is 410. The van der Waals surface area contributed by atoms with Crippen molar-refractivity contribution >= 4 is 18.3 Å². The van der Waals surface area contributed by atoms with Crippen molar-refractivity contribution in [2.75, 3.05) is 45.9 Å². The smallest absolute Gasteiger partial charge is 0.372 e. The quantitative estimate of drug-likeness (QED) is 0.710. The Morgan fingerprint density at radius 3 is 2.24 bits per heavy atom. The molecule has 25 heavy (non-hydrogen) atoms. The van der Waals surface area contributed by atoms with E-state index in [1.54, 1.807) is 0 Å². The normalized spacial score (nSPS) is 21.7. The molecule has 0 unspecified atom stereocenters. The van der Waals surface area contributed by atoms with E-state index in [1.807, 2.05) is 4.90 Å². The van der Waals surface area contributed by atoms with Crippen LogP contribution in [0.3, 0.4) is 0 Å². The average Bonchev–Trinajstić information content (AvgIpc) is 2.54. The fraction of sp³-hybridized carbons (Fsp3) is 0.938. The molecular formula is C16H29ClF3N3O2. The van der Waals surface area contributed by atoms with Crippen LogP contribution in [-0.2, 0) is 9.53 Å². The van der Waals surface area contributed by atoms with Crippen LogP contribution in [0.4, 0.5) is 13.2 Å². The zero-order valence-electron chi connectivity index (χ0n) is 14.5. The Morgan fingerprint density at radius 1 is 1.08 bits per heavy atom. The van der Waals surface area contributed by atoms with Gasteiger partial charge >= 0.3 is 6.18 Å². The molecule has 0 aromatic heterocycles. The highest BCUT2D eigenvalue weighted by atomic mass is 35.5. The molecule has 1 aliphatic carbocycles. The van der Waals surface area contributed by atoms with Crippen molar-refractivity contribution in [2.24, 2.45) is 5.73 Å². The molecule has 0 spiro atoms. The molecule has 5 nitrogen and oxygen atoms in total. The predicted molar refractivity (Wildman–Crippen MR) is 91.8 cm³/mol. The zero-order valence-corrected chi connectivity index (χ0v) is 15.3. The van der Waals surface area contributed by atoms with Crippen LogP contribution in [0, 0.1) is 0 Å². The second-order valence-electron chi connectivity index (χ2n) is 6.87. The summed E-state index contributed by atoms with van der Waals surface area (Å²) in [6.45, 7) is 2.36. The number of rotatable bonds is 6. The van der Waals surface area contributed by atoms with Gasteiger partial charge in [0.05, 0.1) is 5.54 Å². The molecule has 1 amide bonds. The molecule has 0 aromatic carbocycles. The van der Waals surface area contributed by atoms with Crippen molar-refractivity contribution in [3.8, 4) is 0 Å². The molecular weight excluding hydrogens is 359 g/mol. The van der Waals surface area contributed by atoms with Crippen molar-refractivity contribution in [1.82, 2.24) is 9.80 Å². The summed E-state index contributed by atoms with van der Waals surface area (Å²) < 4.78 is 40.5. The number of ether oxygens (including phenoxy) is 1. The van der Waals surface area contributed by atoms with E-state index in [4.69, 9.17) is 5.73 Å². The van der Waals surface area contributed by atoms with Gasteiger partial charge in [-0.25, -0.2) is 0 Å². The van der Waals surface area contributed by atoms with Crippen molar-refractivity contribution in [2.45, 2.75) is 50.2 Å². The average molecular weight is 388 g/mol. The first kappa shape index (κ1) is 22.5. The molecule has 1 saturated heterocycles. The first-order chi connectivity index (χ1) is 11.3. The molecule has 1 aliphatic heterocycles. The molecule has 2 N–H and O–H groups in total. The van der Waals surface area contributed by atoms with Crippen LogP contribution in [0.1, 0.15) is 38.5 Å². The molecule has 0 atom stereocenters. The summed E-state index contributed by atoms with van der Waals surface area (Å²) in [7, 11) is 0. The lowest BCUT2D eigenvalue weighted by Gasteiger charge is -2.41. The number of halogens is 4. The number of alkyl halides is 3. The lowest BCUT2D eigenvalue weighted by molar-refractivity contribution is -0.174. The van der Waals surface area contributed by atoms with E-state index >= 15 is 0 Å². The second-order valence-corrected chi connectivity index (χ2v) is 6.87. The SMILES string of the molecule is Cl.NC1(C(=O)N2CCN(CCCOCC(F)(F)F)CC2)CCCCC1. The first-order valence-corrected chi connectivity index (χ1v) is 8.75. The molecule has 9 heteroatoms. The minimum absolute atomic E-state index is 0.